The van der Waals surface area contributed by atoms with Crippen molar-refractivity contribution in [2.45, 2.75) is 32.6 Å². The van der Waals surface area contributed by atoms with E-state index < -0.39 is 0 Å². The zero-order valence-electron chi connectivity index (χ0n) is 14.5. The second kappa shape index (κ2) is 8.56. The Kier molecular flexibility index (Phi) is 6.16. The molecule has 0 saturated heterocycles. The number of carbonyl (C=O) groups excluding carboxylic acids is 2. The molecule has 1 aliphatic carbocycles. The molecule has 0 saturated carbocycles. The molecule has 7 heteroatoms. The first-order valence-electron chi connectivity index (χ1n) is 8.58. The van der Waals surface area contributed by atoms with Crippen LogP contribution in [-0.2, 0) is 22.4 Å². The fourth-order valence-corrected chi connectivity index (χ4v) is 4.34. The van der Waals surface area contributed by atoms with E-state index in [1.165, 1.54) is 11.3 Å². The first-order valence-corrected chi connectivity index (χ1v) is 9.77. The van der Waals surface area contributed by atoms with E-state index in [0.29, 0.717) is 27.9 Å². The summed E-state index contributed by atoms with van der Waals surface area (Å²) >= 11 is 7.29. The molecule has 138 valence electrons. The van der Waals surface area contributed by atoms with Gasteiger partial charge in [0.1, 0.15) is 10.8 Å². The zero-order valence-corrected chi connectivity index (χ0v) is 16.0. The fourth-order valence-electron chi connectivity index (χ4n) is 2.92. The molecule has 0 aliphatic heterocycles. The predicted octanol–water partition coefficient (Wildman–Crippen LogP) is 4.47. The minimum absolute atomic E-state index is 0.146. The summed E-state index contributed by atoms with van der Waals surface area (Å²) in [7, 11) is 0. The highest BCUT2D eigenvalue weighted by Gasteiger charge is 2.27. The van der Waals surface area contributed by atoms with Crippen LogP contribution in [0.5, 0.6) is 5.75 Å². The summed E-state index contributed by atoms with van der Waals surface area (Å²) in [5, 5.41) is 3.97. The van der Waals surface area contributed by atoms with Crippen LogP contribution in [0.15, 0.2) is 24.3 Å². The van der Waals surface area contributed by atoms with Gasteiger partial charge < -0.3 is 14.8 Å². The summed E-state index contributed by atoms with van der Waals surface area (Å²) in [4.78, 5) is 25.8. The van der Waals surface area contributed by atoms with Crippen molar-refractivity contribution < 1.29 is 19.1 Å². The normalized spacial score (nSPS) is 13.0. The molecule has 0 fully saturated rings. The Bertz CT molecular complexity index is 801. The lowest BCUT2D eigenvalue weighted by molar-refractivity contribution is -0.118. The molecule has 1 N–H and O–H groups in total. The van der Waals surface area contributed by atoms with Gasteiger partial charge >= 0.3 is 5.97 Å². The van der Waals surface area contributed by atoms with Crippen LogP contribution in [0.1, 0.15) is 40.6 Å². The number of ether oxygens (including phenoxy) is 2. The van der Waals surface area contributed by atoms with Gasteiger partial charge in [-0.15, -0.1) is 11.3 Å². The van der Waals surface area contributed by atoms with Gasteiger partial charge in [0.05, 0.1) is 12.2 Å². The Morgan fingerprint density at radius 2 is 1.92 bits per heavy atom. The number of rotatable bonds is 6. The number of halogens is 1. The van der Waals surface area contributed by atoms with E-state index in [1.807, 2.05) is 0 Å². The van der Waals surface area contributed by atoms with Crippen LogP contribution in [0.25, 0.3) is 0 Å². The summed E-state index contributed by atoms with van der Waals surface area (Å²) in [5.41, 5.74) is 1.53. The molecule has 1 aromatic carbocycles. The van der Waals surface area contributed by atoms with Gasteiger partial charge in [0.15, 0.2) is 6.61 Å². The van der Waals surface area contributed by atoms with Crippen LogP contribution < -0.4 is 10.1 Å². The van der Waals surface area contributed by atoms with Crippen molar-refractivity contribution in [2.75, 3.05) is 18.5 Å². The molecule has 5 nitrogen and oxygen atoms in total. The van der Waals surface area contributed by atoms with Crippen molar-refractivity contribution >= 4 is 39.8 Å². The maximum atomic E-state index is 12.4. The second-order valence-corrected chi connectivity index (χ2v) is 7.47. The van der Waals surface area contributed by atoms with Gasteiger partial charge in [-0.25, -0.2) is 4.79 Å². The van der Waals surface area contributed by atoms with Gasteiger partial charge in [-0.05, 0) is 62.4 Å². The quantitative estimate of drug-likeness (QED) is 0.735. The van der Waals surface area contributed by atoms with Gasteiger partial charge in [0, 0.05) is 9.90 Å². The van der Waals surface area contributed by atoms with Crippen molar-refractivity contribution in [1.82, 2.24) is 0 Å². The third-order valence-corrected chi connectivity index (χ3v) is 5.55. The SMILES string of the molecule is CCOC(=O)c1c(NC(=O)COc2ccc(Cl)cc2)sc2c1CCCC2. The number of aryl methyl sites for hydroxylation is 1. The lowest BCUT2D eigenvalue weighted by Crippen LogP contribution is -2.21. The summed E-state index contributed by atoms with van der Waals surface area (Å²) in [6.45, 7) is 1.93. The molecule has 2 aromatic rings. The highest BCUT2D eigenvalue weighted by atomic mass is 35.5. The Hall–Kier alpha value is -2.05. The van der Waals surface area contributed by atoms with E-state index in [4.69, 9.17) is 21.1 Å². The average molecular weight is 394 g/mol. The predicted molar refractivity (Wildman–Crippen MR) is 102 cm³/mol. The third kappa shape index (κ3) is 4.37. The topological polar surface area (TPSA) is 64.6 Å². The molecule has 0 unspecified atom stereocenters. The summed E-state index contributed by atoms with van der Waals surface area (Å²) in [5.74, 6) is -0.134. The molecule has 0 spiro atoms. The Labute approximate surface area is 161 Å². The van der Waals surface area contributed by atoms with E-state index in [1.54, 1.807) is 31.2 Å². The largest absolute Gasteiger partial charge is 0.484 e. The maximum absolute atomic E-state index is 12.4. The molecule has 1 aromatic heterocycles. The number of thiophene rings is 1. The molecule has 1 aliphatic rings. The van der Waals surface area contributed by atoms with Crippen LogP contribution in [0.4, 0.5) is 5.00 Å². The number of fused-ring (bicyclic) bond motifs is 1. The van der Waals surface area contributed by atoms with E-state index >= 15 is 0 Å². The van der Waals surface area contributed by atoms with E-state index in [2.05, 4.69) is 5.32 Å². The molecule has 1 heterocycles. The number of nitrogens with one attached hydrogen (secondary N) is 1. The standard InChI is InChI=1S/C19H20ClNO4S/c1-2-24-19(23)17-14-5-3-4-6-15(14)26-18(17)21-16(22)11-25-13-9-7-12(20)8-10-13/h7-10H,2-6,11H2,1H3,(H,21,22). The first kappa shape index (κ1) is 18.7. The smallest absolute Gasteiger partial charge is 0.341 e. The fraction of sp³-hybridized carbons (Fsp3) is 0.368. The number of anilines is 1. The van der Waals surface area contributed by atoms with Crippen molar-refractivity contribution in [3.63, 3.8) is 0 Å². The Morgan fingerprint density at radius 3 is 2.65 bits per heavy atom. The van der Waals surface area contributed by atoms with Gasteiger partial charge in [0.2, 0.25) is 0 Å². The number of amides is 1. The monoisotopic (exact) mass is 393 g/mol. The highest BCUT2D eigenvalue weighted by molar-refractivity contribution is 7.17. The second-order valence-electron chi connectivity index (χ2n) is 5.93. The van der Waals surface area contributed by atoms with Crippen LogP contribution in [0, 0.1) is 0 Å². The Balaban J connectivity index is 1.71. The molecular weight excluding hydrogens is 374 g/mol. The molecule has 0 atom stereocenters. The first-order chi connectivity index (χ1) is 12.6. The van der Waals surface area contributed by atoms with Crippen molar-refractivity contribution in [3.05, 3.63) is 45.3 Å². The number of hydrogen-bond donors (Lipinski definition) is 1. The van der Waals surface area contributed by atoms with Gasteiger partial charge in [-0.1, -0.05) is 11.6 Å². The average Bonchev–Trinajstić information content (AvgIpc) is 2.99. The van der Waals surface area contributed by atoms with Crippen LogP contribution in [0.2, 0.25) is 5.02 Å². The maximum Gasteiger partial charge on any atom is 0.341 e. The molecular formula is C19H20ClNO4S. The summed E-state index contributed by atoms with van der Waals surface area (Å²) in [6, 6.07) is 6.79. The van der Waals surface area contributed by atoms with Gasteiger partial charge in [-0.3, -0.25) is 4.79 Å². The molecule has 0 radical (unpaired) electrons. The number of carbonyl (C=O) groups is 2. The third-order valence-electron chi connectivity index (χ3n) is 4.09. The van der Waals surface area contributed by atoms with Crippen molar-refractivity contribution in [3.8, 4) is 5.75 Å². The van der Waals surface area contributed by atoms with E-state index in [-0.39, 0.29) is 18.5 Å². The number of esters is 1. The number of benzene rings is 1. The number of hydrogen-bond acceptors (Lipinski definition) is 5. The van der Waals surface area contributed by atoms with Crippen LogP contribution in [0.3, 0.4) is 0 Å². The summed E-state index contributed by atoms with van der Waals surface area (Å²) in [6.07, 6.45) is 3.92. The highest BCUT2D eigenvalue weighted by Crippen LogP contribution is 2.38. The van der Waals surface area contributed by atoms with Crippen molar-refractivity contribution in [2.24, 2.45) is 0 Å². The minimum Gasteiger partial charge on any atom is -0.484 e. The molecule has 0 bridgehead atoms. The minimum atomic E-state index is -0.374. The Morgan fingerprint density at radius 1 is 1.19 bits per heavy atom. The molecule has 3 rings (SSSR count). The van der Waals surface area contributed by atoms with E-state index in [0.717, 1.165) is 36.1 Å². The van der Waals surface area contributed by atoms with E-state index in [9.17, 15) is 9.59 Å². The lowest BCUT2D eigenvalue weighted by Gasteiger charge is -2.12. The zero-order chi connectivity index (χ0) is 18.5. The molecule has 26 heavy (non-hydrogen) atoms. The summed E-state index contributed by atoms with van der Waals surface area (Å²) < 4.78 is 10.7. The van der Waals surface area contributed by atoms with Crippen molar-refractivity contribution in [1.29, 1.82) is 0 Å². The van der Waals surface area contributed by atoms with Gasteiger partial charge in [0.25, 0.3) is 5.91 Å². The molecule has 1 amide bonds. The van der Waals surface area contributed by atoms with Crippen LogP contribution >= 0.6 is 22.9 Å². The van der Waals surface area contributed by atoms with Gasteiger partial charge in [-0.2, -0.15) is 0 Å². The lowest BCUT2D eigenvalue weighted by atomic mass is 9.95. The van der Waals surface area contributed by atoms with Crippen LogP contribution in [-0.4, -0.2) is 25.1 Å².